The predicted molar refractivity (Wildman–Crippen MR) is 254 cm³/mol. The van der Waals surface area contributed by atoms with Crippen molar-refractivity contribution in [1.82, 2.24) is 9.55 Å². The average Bonchev–Trinajstić information content (AvgIpc) is 3.72. The van der Waals surface area contributed by atoms with E-state index < -0.39 is 11.1 Å². The van der Waals surface area contributed by atoms with E-state index in [9.17, 15) is 0 Å². The average molecular weight is 984 g/mol. The molecule has 306 valence electrons. The van der Waals surface area contributed by atoms with E-state index in [0.29, 0.717) is 0 Å². The van der Waals surface area contributed by atoms with E-state index in [1.54, 1.807) is 0 Å². The molecule has 0 radical (unpaired) electrons. The molecule has 1 aliphatic rings. The molecular formula is C57H48N4Pt. The first kappa shape index (κ1) is 41.0. The van der Waals surface area contributed by atoms with Gasteiger partial charge >= 0.3 is 21.1 Å². The van der Waals surface area contributed by atoms with Gasteiger partial charge in [-0.05, 0) is 104 Å². The molecule has 0 saturated heterocycles. The van der Waals surface area contributed by atoms with E-state index >= 15 is 0 Å². The largest absolute Gasteiger partial charge is 2.00 e. The number of nitrogens with zero attached hydrogens (tertiary/aromatic N) is 4. The molecule has 1 aliphatic heterocycles. The van der Waals surface area contributed by atoms with Crippen LogP contribution in [-0.2, 0) is 21.1 Å². The molecule has 7 aromatic carbocycles. The van der Waals surface area contributed by atoms with Crippen molar-refractivity contribution < 1.29 is 21.1 Å². The molecule has 10 rings (SSSR count). The van der Waals surface area contributed by atoms with Crippen LogP contribution in [0, 0.1) is 32.9 Å². The van der Waals surface area contributed by atoms with E-state index in [2.05, 4.69) is 227 Å². The normalized spacial score (nSPS) is 15.9. The van der Waals surface area contributed by atoms with Gasteiger partial charge in [-0.2, -0.15) is 0 Å². The Hall–Kier alpha value is -6.35. The molecule has 0 N–H and O–H groups in total. The van der Waals surface area contributed by atoms with Gasteiger partial charge in [-0.25, -0.2) is 0 Å². The minimum absolute atomic E-state index is 0. The minimum atomic E-state index is -0.574. The summed E-state index contributed by atoms with van der Waals surface area (Å²) < 4.78 is 2.33. The standard InChI is InChI=1S/C57H48N4.Pt/c1-38-31-32-58-50(33-38)44-29-30-49-48-27-16-17-28-51(48)60(52(49)37-44)47-35-45(41-21-10-7-11-22-41)34-46(36-47)55-59-56(4,5)57(6,61(55)54-39(2)19-18-20-40(54)3)53(42-23-12-8-13-24-42)43-25-14-9-15-26-43;/h7-35,53H,1-6H3;/q-2;+2/t57-;/m0./s1. The number of benzene rings is 7. The number of amidine groups is 1. The van der Waals surface area contributed by atoms with Crippen molar-refractivity contribution in [3.05, 3.63) is 222 Å². The number of hydrogen-bond acceptors (Lipinski definition) is 3. The molecule has 0 bridgehead atoms. The maximum absolute atomic E-state index is 5.89. The molecule has 5 heteroatoms. The van der Waals surface area contributed by atoms with E-state index in [-0.39, 0.29) is 27.0 Å². The molecule has 0 amide bonds. The monoisotopic (exact) mass is 983 g/mol. The molecule has 0 unspecified atom stereocenters. The molecular weight excluding hydrogens is 936 g/mol. The number of aliphatic imine (C=N–C) groups is 1. The zero-order chi connectivity index (χ0) is 41.9. The fourth-order valence-electron chi connectivity index (χ4n) is 9.78. The molecule has 1 atom stereocenters. The van der Waals surface area contributed by atoms with E-state index in [1.807, 2.05) is 12.3 Å². The van der Waals surface area contributed by atoms with Gasteiger partial charge < -0.3 is 19.4 Å². The second-order valence-corrected chi connectivity index (χ2v) is 17.2. The van der Waals surface area contributed by atoms with Crippen molar-refractivity contribution in [2.24, 2.45) is 4.99 Å². The van der Waals surface area contributed by atoms with Gasteiger partial charge in [0, 0.05) is 23.3 Å². The summed E-state index contributed by atoms with van der Waals surface area (Å²) in [4.78, 5) is 13.2. The van der Waals surface area contributed by atoms with Crippen molar-refractivity contribution in [2.45, 2.75) is 58.5 Å². The van der Waals surface area contributed by atoms with Gasteiger partial charge in [0.2, 0.25) is 0 Å². The Kier molecular flexibility index (Phi) is 10.7. The van der Waals surface area contributed by atoms with Crippen LogP contribution < -0.4 is 4.90 Å². The van der Waals surface area contributed by atoms with Crippen LogP contribution in [0.15, 0.2) is 181 Å². The predicted octanol–water partition coefficient (Wildman–Crippen LogP) is 13.7. The van der Waals surface area contributed by atoms with Crippen LogP contribution in [0.5, 0.6) is 0 Å². The zero-order valence-electron chi connectivity index (χ0n) is 35.9. The van der Waals surface area contributed by atoms with Crippen LogP contribution >= 0.6 is 0 Å². The van der Waals surface area contributed by atoms with Crippen LogP contribution in [0.1, 0.15) is 60.1 Å². The Labute approximate surface area is 379 Å². The fourth-order valence-corrected chi connectivity index (χ4v) is 9.78. The smallest absolute Gasteiger partial charge is 0.357 e. The summed E-state index contributed by atoms with van der Waals surface area (Å²) in [6, 6.07) is 68.9. The summed E-state index contributed by atoms with van der Waals surface area (Å²) in [6.45, 7) is 13.6. The Morgan fingerprint density at radius 2 is 1.19 bits per heavy atom. The second kappa shape index (κ2) is 16.2. The first-order valence-electron chi connectivity index (χ1n) is 21.2. The molecule has 0 saturated carbocycles. The number of hydrogen-bond donors (Lipinski definition) is 0. The molecule has 4 nitrogen and oxygen atoms in total. The number of rotatable bonds is 8. The second-order valence-electron chi connectivity index (χ2n) is 17.2. The molecule has 0 spiro atoms. The van der Waals surface area contributed by atoms with Crippen molar-refractivity contribution in [3.63, 3.8) is 0 Å². The number of aromatic nitrogens is 2. The third-order valence-electron chi connectivity index (χ3n) is 13.0. The molecule has 3 heterocycles. The van der Waals surface area contributed by atoms with Gasteiger partial charge in [0.25, 0.3) is 0 Å². The minimum Gasteiger partial charge on any atom is -0.357 e. The third kappa shape index (κ3) is 6.82. The quantitative estimate of drug-likeness (QED) is 0.142. The Morgan fingerprint density at radius 3 is 1.85 bits per heavy atom. The van der Waals surface area contributed by atoms with Crippen LogP contribution in [0.25, 0.3) is 49.9 Å². The van der Waals surface area contributed by atoms with Gasteiger partial charge in [-0.15, -0.1) is 47.5 Å². The SMILES string of the molecule is Cc1ccnc(-c2[c-]c3c(cc2)c2ccccc2n3-c2[c-]c(C3=NC(C)(C)[C@](C)(C(c4ccccc4)c4ccccc4)N3c3c(C)cccc3C)cc(-c3ccccc3)c2)c1.[Pt+2]. The van der Waals surface area contributed by atoms with Crippen molar-refractivity contribution in [3.8, 4) is 28.1 Å². The molecule has 2 aromatic heterocycles. The van der Waals surface area contributed by atoms with E-state index in [1.165, 1.54) is 27.9 Å². The molecule has 62 heavy (non-hydrogen) atoms. The van der Waals surface area contributed by atoms with Gasteiger partial charge in [0.15, 0.2) is 0 Å². The van der Waals surface area contributed by atoms with Crippen LogP contribution in [0.3, 0.4) is 0 Å². The van der Waals surface area contributed by atoms with Crippen molar-refractivity contribution in [1.29, 1.82) is 0 Å². The third-order valence-corrected chi connectivity index (χ3v) is 13.0. The van der Waals surface area contributed by atoms with Crippen LogP contribution in [0.4, 0.5) is 5.69 Å². The summed E-state index contributed by atoms with van der Waals surface area (Å²) in [5, 5.41) is 2.29. The Morgan fingerprint density at radius 1 is 0.565 bits per heavy atom. The summed E-state index contributed by atoms with van der Waals surface area (Å²) in [5.41, 5.74) is 14.1. The van der Waals surface area contributed by atoms with E-state index in [4.69, 9.17) is 9.98 Å². The van der Waals surface area contributed by atoms with Crippen LogP contribution in [0.2, 0.25) is 0 Å². The van der Waals surface area contributed by atoms with E-state index in [0.717, 1.165) is 66.8 Å². The number of pyridine rings is 1. The van der Waals surface area contributed by atoms with Crippen molar-refractivity contribution >= 4 is 33.3 Å². The number of aryl methyl sites for hydroxylation is 3. The zero-order valence-corrected chi connectivity index (χ0v) is 38.2. The summed E-state index contributed by atoms with van der Waals surface area (Å²) in [7, 11) is 0. The van der Waals surface area contributed by atoms with Gasteiger partial charge in [-0.3, -0.25) is 0 Å². The molecule has 9 aromatic rings. The fraction of sp³-hybridized carbons (Fsp3) is 0.158. The molecule has 0 aliphatic carbocycles. The van der Waals surface area contributed by atoms with Crippen molar-refractivity contribution in [2.75, 3.05) is 4.90 Å². The maximum atomic E-state index is 5.89. The number of para-hydroxylation sites is 2. The summed E-state index contributed by atoms with van der Waals surface area (Å²) >= 11 is 0. The number of anilines is 1. The van der Waals surface area contributed by atoms with Gasteiger partial charge in [0.05, 0.1) is 16.9 Å². The van der Waals surface area contributed by atoms with Gasteiger partial charge in [0.1, 0.15) is 0 Å². The number of fused-ring (bicyclic) bond motifs is 3. The first-order chi connectivity index (χ1) is 29.6. The Bertz CT molecular complexity index is 3050. The maximum Gasteiger partial charge on any atom is 2.00 e. The summed E-state index contributed by atoms with van der Waals surface area (Å²) in [5.74, 6) is 0.859. The van der Waals surface area contributed by atoms with Gasteiger partial charge in [-0.1, -0.05) is 150 Å². The summed E-state index contributed by atoms with van der Waals surface area (Å²) in [6.07, 6.45) is 1.88. The van der Waals surface area contributed by atoms with Crippen LogP contribution in [-0.4, -0.2) is 26.5 Å². The molecule has 0 fully saturated rings. The topological polar surface area (TPSA) is 33.4 Å². The first-order valence-corrected chi connectivity index (χ1v) is 21.2. The Balaban J connectivity index is 0.00000490.